The normalized spacial score (nSPS) is 49.8. The Hall–Kier alpha value is -2.22. The van der Waals surface area contributed by atoms with Gasteiger partial charge in [0.05, 0.1) is 39.6 Å². The molecule has 20 N–H and O–H groups in total. The number of aliphatic hydroxyl groups is 18. The topological polar surface area (TPSA) is 524 Å². The molecule has 6 saturated heterocycles. The first-order valence-electron chi connectivity index (χ1n) is 23.1. The van der Waals surface area contributed by atoms with Gasteiger partial charge in [-0.1, -0.05) is 0 Å². The fraction of sp³-hybridized carbons (Fsp3) is 0.950. The van der Waals surface area contributed by atoms with Gasteiger partial charge in [0.25, 0.3) is 0 Å². The molecular formula is C40H68N2O31. The molecule has 6 rings (SSSR count). The van der Waals surface area contributed by atoms with E-state index >= 15 is 0 Å². The van der Waals surface area contributed by atoms with Crippen LogP contribution in [0.2, 0.25) is 0 Å². The zero-order chi connectivity index (χ0) is 53.9. The SMILES string of the molecule is CC(=O)N[C@H]1[C@H](O[C@@H]2[C@@H](O[C@@H]3[C@H](O)[C@H](O)O[C@H](CO)[C@H]3O)O[C@H](CO)[C@@H](O[C@@H]3O[C@H](CO)[C@@H](O[C@@H]4O[C@H](CO)[C@H](O)[C@H](O)[C@H]4O)[C@H](O)[C@H]3NC(C)=O)[C@@H]2O)O[C@H](CO)[C@@H](O[C@@H]2O[C@H](CO)[C@H](O)[C@H](O)[C@@H]2O)[C@@H]1O. The minimum absolute atomic E-state index is 0.856. The first-order valence-corrected chi connectivity index (χ1v) is 23.1. The fourth-order valence-electron chi connectivity index (χ4n) is 9.31. The van der Waals surface area contributed by atoms with E-state index in [4.69, 9.17) is 52.1 Å². The van der Waals surface area contributed by atoms with Crippen LogP contribution in [0.15, 0.2) is 0 Å². The molecule has 33 heteroatoms. The van der Waals surface area contributed by atoms with E-state index in [9.17, 15) is 102 Å². The summed E-state index contributed by atoms with van der Waals surface area (Å²) in [5.41, 5.74) is 0. The molecule has 0 aromatic carbocycles. The third-order valence-corrected chi connectivity index (χ3v) is 13.2. The molecule has 0 unspecified atom stereocenters. The van der Waals surface area contributed by atoms with Crippen molar-refractivity contribution in [1.82, 2.24) is 10.6 Å². The highest BCUT2D eigenvalue weighted by Gasteiger charge is 2.59. The van der Waals surface area contributed by atoms with E-state index in [2.05, 4.69) is 10.6 Å². The van der Waals surface area contributed by atoms with Crippen molar-refractivity contribution >= 4 is 11.8 Å². The zero-order valence-corrected chi connectivity index (χ0v) is 38.9. The first kappa shape index (κ1) is 60.0. The number of nitrogens with one attached hydrogen (secondary N) is 2. The predicted molar refractivity (Wildman–Crippen MR) is 222 cm³/mol. The average Bonchev–Trinajstić information content (AvgIpc) is 3.36. The van der Waals surface area contributed by atoms with Crippen LogP contribution in [0.3, 0.4) is 0 Å². The Morgan fingerprint density at radius 2 is 0.644 bits per heavy atom. The number of aliphatic hydroxyl groups excluding tert-OH is 18. The molecule has 30 atom stereocenters. The quantitative estimate of drug-likeness (QED) is 0.0606. The molecule has 0 bridgehead atoms. The largest absolute Gasteiger partial charge is 0.394 e. The molecule has 33 nitrogen and oxygen atoms in total. The van der Waals surface area contributed by atoms with Gasteiger partial charge >= 0.3 is 0 Å². The van der Waals surface area contributed by atoms with E-state index in [1.165, 1.54) is 0 Å². The summed E-state index contributed by atoms with van der Waals surface area (Å²) in [5, 5.41) is 197. The number of carbonyl (C=O) groups excluding carboxylic acids is 2. The van der Waals surface area contributed by atoms with Gasteiger partial charge in [0.2, 0.25) is 11.8 Å². The summed E-state index contributed by atoms with van der Waals surface area (Å²) in [5.74, 6) is -1.74. The third kappa shape index (κ3) is 12.9. The van der Waals surface area contributed by atoms with Crippen LogP contribution >= 0.6 is 0 Å². The van der Waals surface area contributed by atoms with Crippen LogP contribution in [0.5, 0.6) is 0 Å². The Bertz CT molecular complexity index is 1750. The molecule has 73 heavy (non-hydrogen) atoms. The van der Waals surface area contributed by atoms with Gasteiger partial charge < -0.3 is 155 Å². The number of ether oxygens (including phenoxy) is 11. The highest BCUT2D eigenvalue weighted by atomic mass is 16.8. The van der Waals surface area contributed by atoms with Crippen molar-refractivity contribution in [3.8, 4) is 0 Å². The first-order chi connectivity index (χ1) is 34.5. The summed E-state index contributed by atoms with van der Waals surface area (Å²) >= 11 is 0. The van der Waals surface area contributed by atoms with E-state index in [0.29, 0.717) is 0 Å². The Morgan fingerprint density at radius 1 is 0.329 bits per heavy atom. The number of rotatable bonds is 18. The lowest BCUT2D eigenvalue weighted by molar-refractivity contribution is -0.400. The monoisotopic (exact) mass is 1070 g/mol. The molecule has 0 spiro atoms. The molecule has 6 aliphatic heterocycles. The van der Waals surface area contributed by atoms with E-state index in [1.807, 2.05) is 0 Å². The predicted octanol–water partition coefficient (Wildman–Crippen LogP) is -13.8. The van der Waals surface area contributed by atoms with Crippen LogP contribution in [0, 0.1) is 0 Å². The van der Waals surface area contributed by atoms with E-state index in [-0.39, 0.29) is 0 Å². The third-order valence-electron chi connectivity index (χ3n) is 13.2. The Morgan fingerprint density at radius 3 is 1.03 bits per heavy atom. The molecule has 0 saturated carbocycles. The highest BCUT2D eigenvalue weighted by Crippen LogP contribution is 2.38. The van der Waals surface area contributed by atoms with Crippen molar-refractivity contribution in [3.63, 3.8) is 0 Å². The molecule has 6 aliphatic rings. The minimum Gasteiger partial charge on any atom is -0.394 e. The summed E-state index contributed by atoms with van der Waals surface area (Å²) in [6, 6.07) is -3.63. The van der Waals surface area contributed by atoms with Crippen molar-refractivity contribution in [1.29, 1.82) is 0 Å². The molecule has 2 amide bonds. The maximum absolute atomic E-state index is 12.7. The second-order valence-electron chi connectivity index (χ2n) is 18.2. The summed E-state index contributed by atoms with van der Waals surface area (Å²) in [6.45, 7) is -3.93. The van der Waals surface area contributed by atoms with Crippen LogP contribution < -0.4 is 10.6 Å². The minimum atomic E-state index is -2.30. The maximum Gasteiger partial charge on any atom is 0.217 e. The van der Waals surface area contributed by atoms with Gasteiger partial charge in [-0.25, -0.2) is 0 Å². The molecule has 0 aliphatic carbocycles. The molecule has 0 aromatic heterocycles. The number of amides is 2. The van der Waals surface area contributed by atoms with Crippen LogP contribution in [0.4, 0.5) is 0 Å². The highest BCUT2D eigenvalue weighted by molar-refractivity contribution is 5.73. The van der Waals surface area contributed by atoms with Crippen molar-refractivity contribution in [3.05, 3.63) is 0 Å². The van der Waals surface area contributed by atoms with Gasteiger partial charge in [-0.2, -0.15) is 0 Å². The van der Waals surface area contributed by atoms with Crippen LogP contribution in [0.1, 0.15) is 13.8 Å². The van der Waals surface area contributed by atoms with E-state index in [1.54, 1.807) is 0 Å². The summed E-state index contributed by atoms with van der Waals surface area (Å²) < 4.78 is 63.3. The lowest BCUT2D eigenvalue weighted by Gasteiger charge is -2.51. The fourth-order valence-corrected chi connectivity index (χ4v) is 9.31. The van der Waals surface area contributed by atoms with Crippen molar-refractivity contribution in [2.45, 2.75) is 198 Å². The van der Waals surface area contributed by atoms with Gasteiger partial charge in [-0.3, -0.25) is 9.59 Å². The number of carbonyl (C=O) groups is 2. The van der Waals surface area contributed by atoms with Crippen LogP contribution in [-0.4, -0.2) is 327 Å². The molecule has 0 aromatic rings. The molecule has 424 valence electrons. The van der Waals surface area contributed by atoms with Crippen LogP contribution in [0.25, 0.3) is 0 Å². The number of hydrogen-bond acceptors (Lipinski definition) is 31. The summed E-state index contributed by atoms with van der Waals surface area (Å²) in [4.78, 5) is 25.3. The molecule has 6 heterocycles. The Labute approximate surface area is 413 Å². The second-order valence-corrected chi connectivity index (χ2v) is 18.2. The van der Waals surface area contributed by atoms with E-state index in [0.717, 1.165) is 13.8 Å². The Kier molecular flexibility index (Phi) is 21.3. The lowest BCUT2D eigenvalue weighted by Crippen LogP contribution is -2.71. The maximum atomic E-state index is 12.7. The summed E-state index contributed by atoms with van der Waals surface area (Å²) in [6.07, 6.45) is -54.0. The smallest absolute Gasteiger partial charge is 0.217 e. The summed E-state index contributed by atoms with van der Waals surface area (Å²) in [7, 11) is 0. The van der Waals surface area contributed by atoms with Gasteiger partial charge in [0, 0.05) is 13.8 Å². The van der Waals surface area contributed by atoms with Gasteiger partial charge in [0.1, 0.15) is 146 Å². The molecule has 6 fully saturated rings. The van der Waals surface area contributed by atoms with Gasteiger partial charge in [0.15, 0.2) is 37.7 Å². The van der Waals surface area contributed by atoms with Gasteiger partial charge in [-0.15, -0.1) is 0 Å². The van der Waals surface area contributed by atoms with E-state index < -0.39 is 236 Å². The number of hydrogen-bond donors (Lipinski definition) is 20. The standard InChI is InChI=1S/C40H68N2O31/c1-9(49)41-17-22(54)30(70-38-26(58)24(56)19(51)11(3-43)64-38)14(6-46)66-36(17)69-32-16(8-48)68-40(72-33-21(53)13(5-45)63-35(62)29(33)61)34(28(32)60)73-37-18(42-10(2)50)23(55)31(15(7-47)67-37)71-39-27(59)25(57)20(52)12(4-44)65-39/h11-40,43-48,51-62H,3-8H2,1-2H3,(H,41,49)(H,42,50)/t11-,12-,13-,14-,15-,16-,17-,18-,19+,20+,21-,22-,23-,24+,25+,26-,27+,28+,29+,30-,31-,32-,33+,34+,35-,36+,37+,38+,39+,40-/m1/s1. The van der Waals surface area contributed by atoms with Crippen molar-refractivity contribution in [2.24, 2.45) is 0 Å². The molecular weight excluding hydrogens is 1000 g/mol. The lowest BCUT2D eigenvalue weighted by atomic mass is 9.93. The van der Waals surface area contributed by atoms with Crippen LogP contribution in [-0.2, 0) is 61.7 Å². The second kappa shape index (κ2) is 26.0. The Balaban J connectivity index is 1.33. The van der Waals surface area contributed by atoms with Crippen molar-refractivity contribution < 1.29 is 154 Å². The van der Waals surface area contributed by atoms with Crippen molar-refractivity contribution in [2.75, 3.05) is 39.6 Å². The molecule has 0 radical (unpaired) electrons. The van der Waals surface area contributed by atoms with Gasteiger partial charge in [-0.05, 0) is 0 Å². The average molecular weight is 1070 g/mol. The zero-order valence-electron chi connectivity index (χ0n) is 38.9.